The van der Waals surface area contributed by atoms with Gasteiger partial charge in [0.25, 0.3) is 0 Å². The Kier molecular flexibility index (Phi) is 5.37. The number of carbonyl (C=O) groups excluding carboxylic acids is 1. The van der Waals surface area contributed by atoms with Crippen LogP contribution in [0.3, 0.4) is 0 Å². The number of amides is 1. The van der Waals surface area contributed by atoms with Crippen LogP contribution in [0.5, 0.6) is 5.75 Å². The second-order valence-corrected chi connectivity index (χ2v) is 7.07. The molecule has 0 spiro atoms. The summed E-state index contributed by atoms with van der Waals surface area (Å²) in [6.45, 7) is 3.42. The molecule has 1 atom stereocenters. The summed E-state index contributed by atoms with van der Waals surface area (Å²) in [5, 5.41) is 15.6. The summed E-state index contributed by atoms with van der Waals surface area (Å²) in [5.74, 6) is 1.87. The summed E-state index contributed by atoms with van der Waals surface area (Å²) >= 11 is 0. The van der Waals surface area contributed by atoms with Crippen molar-refractivity contribution in [3.63, 3.8) is 0 Å². The number of piperidine rings is 1. The van der Waals surface area contributed by atoms with E-state index in [0.29, 0.717) is 23.8 Å². The lowest BCUT2D eigenvalue weighted by Gasteiger charge is -2.32. The molecular weight excluding hydrogens is 370 g/mol. The van der Waals surface area contributed by atoms with Gasteiger partial charge in [-0.25, -0.2) is 9.67 Å². The van der Waals surface area contributed by atoms with E-state index < -0.39 is 0 Å². The lowest BCUT2D eigenvalue weighted by atomic mass is 9.97. The third kappa shape index (κ3) is 4.18. The minimum Gasteiger partial charge on any atom is -0.495 e. The molecule has 1 amide bonds. The summed E-state index contributed by atoms with van der Waals surface area (Å²) < 4.78 is 6.92. The number of benzene rings is 1. The third-order valence-corrected chi connectivity index (χ3v) is 5.02. The van der Waals surface area contributed by atoms with E-state index in [2.05, 4.69) is 30.5 Å². The van der Waals surface area contributed by atoms with Crippen LogP contribution < -0.4 is 15.0 Å². The van der Waals surface area contributed by atoms with Gasteiger partial charge in [-0.2, -0.15) is 5.10 Å². The highest BCUT2D eigenvalue weighted by atomic mass is 16.5. The molecule has 0 aliphatic carbocycles. The zero-order chi connectivity index (χ0) is 20.2. The molecule has 1 aliphatic heterocycles. The van der Waals surface area contributed by atoms with E-state index in [0.717, 1.165) is 30.8 Å². The molecule has 0 radical (unpaired) electrons. The zero-order valence-corrected chi connectivity index (χ0v) is 16.4. The van der Waals surface area contributed by atoms with Crippen LogP contribution in [-0.2, 0) is 4.79 Å². The minimum absolute atomic E-state index is 0.00852. The number of ether oxygens (including phenoxy) is 1. The van der Waals surface area contributed by atoms with Crippen LogP contribution >= 0.6 is 0 Å². The first-order valence-electron chi connectivity index (χ1n) is 9.53. The van der Waals surface area contributed by atoms with Crippen LogP contribution in [-0.4, -0.2) is 51.1 Å². The van der Waals surface area contributed by atoms with Crippen LogP contribution in [0.1, 0.15) is 18.4 Å². The maximum atomic E-state index is 12.9. The van der Waals surface area contributed by atoms with Crippen molar-refractivity contribution < 1.29 is 9.53 Å². The molecule has 2 aromatic heterocycles. The summed E-state index contributed by atoms with van der Waals surface area (Å²) in [6, 6.07) is 9.49. The second-order valence-electron chi connectivity index (χ2n) is 7.07. The molecule has 0 saturated carbocycles. The summed E-state index contributed by atoms with van der Waals surface area (Å²) in [5.41, 5.74) is 1.76. The fourth-order valence-electron chi connectivity index (χ4n) is 3.49. The molecule has 1 saturated heterocycles. The van der Waals surface area contributed by atoms with E-state index in [1.807, 2.05) is 37.3 Å². The number of aromatic nitrogens is 5. The molecule has 150 valence electrons. The van der Waals surface area contributed by atoms with E-state index in [-0.39, 0.29) is 11.8 Å². The molecule has 9 heteroatoms. The topological polar surface area (TPSA) is 98.1 Å². The molecule has 3 heterocycles. The number of nitrogens with zero attached hydrogens (tertiary/aromatic N) is 6. The highest BCUT2D eigenvalue weighted by Gasteiger charge is 2.27. The first-order chi connectivity index (χ1) is 14.1. The number of rotatable bonds is 5. The monoisotopic (exact) mass is 393 g/mol. The number of carbonyl (C=O) groups is 1. The molecule has 1 aliphatic rings. The SMILES string of the molecule is COc1ccc(C)cc1NC(=O)C1CCCN(c2ccc(-n3cncn3)nn2)C1. The molecule has 4 rings (SSSR count). The van der Waals surface area contributed by atoms with Gasteiger partial charge < -0.3 is 15.0 Å². The molecular formula is C20H23N7O2. The first kappa shape index (κ1) is 18.9. The maximum Gasteiger partial charge on any atom is 0.229 e. The molecule has 1 unspecified atom stereocenters. The molecule has 0 bridgehead atoms. The summed E-state index contributed by atoms with van der Waals surface area (Å²) in [6.07, 6.45) is 4.77. The Morgan fingerprint density at radius 2 is 2.03 bits per heavy atom. The van der Waals surface area contributed by atoms with E-state index in [1.165, 1.54) is 6.33 Å². The fourth-order valence-corrected chi connectivity index (χ4v) is 3.49. The Morgan fingerprint density at radius 3 is 2.76 bits per heavy atom. The Bertz CT molecular complexity index is 973. The average molecular weight is 393 g/mol. The number of hydrogen-bond acceptors (Lipinski definition) is 7. The minimum atomic E-state index is -0.134. The predicted octanol–water partition coefficient (Wildman–Crippen LogP) is 2.23. The number of aryl methyl sites for hydroxylation is 1. The normalized spacial score (nSPS) is 16.5. The van der Waals surface area contributed by atoms with Gasteiger partial charge in [0.2, 0.25) is 5.91 Å². The number of hydrogen-bond donors (Lipinski definition) is 1. The van der Waals surface area contributed by atoms with Gasteiger partial charge in [0, 0.05) is 13.1 Å². The average Bonchev–Trinajstić information content (AvgIpc) is 3.29. The lowest BCUT2D eigenvalue weighted by Crippen LogP contribution is -2.41. The number of nitrogens with one attached hydrogen (secondary N) is 1. The van der Waals surface area contributed by atoms with Crippen molar-refractivity contribution in [2.75, 3.05) is 30.4 Å². The van der Waals surface area contributed by atoms with Crippen LogP contribution in [0.2, 0.25) is 0 Å². The van der Waals surface area contributed by atoms with Gasteiger partial charge in [-0.15, -0.1) is 10.2 Å². The largest absolute Gasteiger partial charge is 0.495 e. The highest BCUT2D eigenvalue weighted by Crippen LogP contribution is 2.28. The van der Waals surface area contributed by atoms with Crippen LogP contribution in [0.15, 0.2) is 43.0 Å². The Labute approximate surface area is 168 Å². The quantitative estimate of drug-likeness (QED) is 0.710. The van der Waals surface area contributed by atoms with Crippen LogP contribution in [0, 0.1) is 12.8 Å². The van der Waals surface area contributed by atoms with E-state index in [1.54, 1.807) is 18.1 Å². The van der Waals surface area contributed by atoms with E-state index in [4.69, 9.17) is 4.74 Å². The van der Waals surface area contributed by atoms with Crippen molar-refractivity contribution in [2.24, 2.45) is 5.92 Å². The first-order valence-corrected chi connectivity index (χ1v) is 9.53. The van der Waals surface area contributed by atoms with Crippen molar-refractivity contribution in [2.45, 2.75) is 19.8 Å². The third-order valence-electron chi connectivity index (χ3n) is 5.02. The fraction of sp³-hybridized carbons (Fsp3) is 0.350. The predicted molar refractivity (Wildman–Crippen MR) is 108 cm³/mol. The highest BCUT2D eigenvalue weighted by molar-refractivity contribution is 5.94. The number of methoxy groups -OCH3 is 1. The Morgan fingerprint density at radius 1 is 1.21 bits per heavy atom. The molecule has 3 aromatic rings. The van der Waals surface area contributed by atoms with Crippen molar-refractivity contribution in [3.05, 3.63) is 48.5 Å². The smallest absolute Gasteiger partial charge is 0.229 e. The van der Waals surface area contributed by atoms with Crippen molar-refractivity contribution in [1.82, 2.24) is 25.0 Å². The molecule has 1 fully saturated rings. The molecule has 29 heavy (non-hydrogen) atoms. The zero-order valence-electron chi connectivity index (χ0n) is 16.4. The van der Waals surface area contributed by atoms with Gasteiger partial charge in [-0.05, 0) is 49.6 Å². The molecule has 1 aromatic carbocycles. The van der Waals surface area contributed by atoms with Crippen molar-refractivity contribution in [1.29, 1.82) is 0 Å². The molecule has 1 N–H and O–H groups in total. The van der Waals surface area contributed by atoms with Gasteiger partial charge in [0.05, 0.1) is 18.7 Å². The van der Waals surface area contributed by atoms with Gasteiger partial charge >= 0.3 is 0 Å². The summed E-state index contributed by atoms with van der Waals surface area (Å²) in [7, 11) is 1.60. The Balaban J connectivity index is 1.44. The summed E-state index contributed by atoms with van der Waals surface area (Å²) in [4.78, 5) is 18.9. The van der Waals surface area contributed by atoms with Crippen LogP contribution in [0.4, 0.5) is 11.5 Å². The van der Waals surface area contributed by atoms with E-state index in [9.17, 15) is 4.79 Å². The van der Waals surface area contributed by atoms with Gasteiger partial charge in [0.1, 0.15) is 18.4 Å². The van der Waals surface area contributed by atoms with Gasteiger partial charge in [-0.3, -0.25) is 4.79 Å². The van der Waals surface area contributed by atoms with Crippen molar-refractivity contribution >= 4 is 17.4 Å². The maximum absolute atomic E-state index is 12.9. The standard InChI is InChI=1S/C20H23N7O2/c1-14-5-6-17(29-2)16(10-14)23-20(28)15-4-3-9-26(11-15)18-7-8-19(25-24-18)27-13-21-12-22-27/h5-8,10,12-13,15H,3-4,9,11H2,1-2H3,(H,23,28). The second kappa shape index (κ2) is 8.26. The Hall–Kier alpha value is -3.49. The van der Waals surface area contributed by atoms with Crippen molar-refractivity contribution in [3.8, 4) is 11.6 Å². The van der Waals surface area contributed by atoms with Gasteiger partial charge in [-0.1, -0.05) is 6.07 Å². The number of anilines is 2. The lowest BCUT2D eigenvalue weighted by molar-refractivity contribution is -0.120. The van der Waals surface area contributed by atoms with Crippen LogP contribution in [0.25, 0.3) is 5.82 Å². The van der Waals surface area contributed by atoms with Gasteiger partial charge in [0.15, 0.2) is 11.6 Å². The molecule has 9 nitrogen and oxygen atoms in total. The van der Waals surface area contributed by atoms with E-state index >= 15 is 0 Å².